The van der Waals surface area contributed by atoms with Crippen LogP contribution in [0.1, 0.15) is 16.7 Å². The normalized spacial score (nSPS) is 10.3. The molecule has 0 spiro atoms. The van der Waals surface area contributed by atoms with Crippen molar-refractivity contribution in [3.63, 3.8) is 0 Å². The van der Waals surface area contributed by atoms with Crippen molar-refractivity contribution >= 4 is 0 Å². The minimum atomic E-state index is 0.460. The SMILES string of the molecule is COc1ccc(COc2ccccc2C)cc1CN. The van der Waals surface area contributed by atoms with Crippen molar-refractivity contribution in [2.75, 3.05) is 7.11 Å². The third-order valence-corrected chi connectivity index (χ3v) is 3.05. The fourth-order valence-corrected chi connectivity index (χ4v) is 1.96. The predicted molar refractivity (Wildman–Crippen MR) is 76.4 cm³/mol. The third-order valence-electron chi connectivity index (χ3n) is 3.05. The number of benzene rings is 2. The van der Waals surface area contributed by atoms with E-state index in [1.54, 1.807) is 7.11 Å². The number of hydrogen-bond acceptors (Lipinski definition) is 3. The average molecular weight is 257 g/mol. The Morgan fingerprint density at radius 2 is 1.84 bits per heavy atom. The number of hydrogen-bond donors (Lipinski definition) is 1. The van der Waals surface area contributed by atoms with Gasteiger partial charge in [0.1, 0.15) is 18.1 Å². The van der Waals surface area contributed by atoms with Crippen molar-refractivity contribution in [3.8, 4) is 11.5 Å². The molecule has 2 aromatic carbocycles. The van der Waals surface area contributed by atoms with E-state index in [1.807, 2.05) is 49.4 Å². The maximum Gasteiger partial charge on any atom is 0.123 e. The van der Waals surface area contributed by atoms with Gasteiger partial charge in [-0.15, -0.1) is 0 Å². The number of aryl methyl sites for hydroxylation is 1. The summed E-state index contributed by atoms with van der Waals surface area (Å²) in [6.45, 7) is 3.03. The van der Waals surface area contributed by atoms with Gasteiger partial charge in [0.25, 0.3) is 0 Å². The predicted octanol–water partition coefficient (Wildman–Crippen LogP) is 3.04. The van der Waals surface area contributed by atoms with Crippen LogP contribution in [-0.2, 0) is 13.2 Å². The molecule has 0 aliphatic rings. The summed E-state index contributed by atoms with van der Waals surface area (Å²) >= 11 is 0. The van der Waals surface area contributed by atoms with Crippen LogP contribution in [0, 0.1) is 6.92 Å². The second kappa shape index (κ2) is 6.25. The molecule has 2 rings (SSSR count). The molecule has 3 nitrogen and oxygen atoms in total. The van der Waals surface area contributed by atoms with E-state index in [0.717, 1.165) is 28.2 Å². The van der Waals surface area contributed by atoms with E-state index >= 15 is 0 Å². The molecule has 0 saturated carbocycles. The summed E-state index contributed by atoms with van der Waals surface area (Å²) in [5.41, 5.74) is 8.92. The fraction of sp³-hybridized carbons (Fsp3) is 0.250. The summed E-state index contributed by atoms with van der Waals surface area (Å²) in [7, 11) is 1.65. The first-order chi connectivity index (χ1) is 9.24. The number of nitrogens with two attached hydrogens (primary N) is 1. The van der Waals surface area contributed by atoms with Gasteiger partial charge in [0.2, 0.25) is 0 Å². The van der Waals surface area contributed by atoms with Crippen LogP contribution in [-0.4, -0.2) is 7.11 Å². The minimum absolute atomic E-state index is 0.460. The fourth-order valence-electron chi connectivity index (χ4n) is 1.96. The Hall–Kier alpha value is -2.00. The highest BCUT2D eigenvalue weighted by atomic mass is 16.5. The standard InChI is InChI=1S/C16H19NO2/c1-12-5-3-4-6-15(12)19-11-13-7-8-16(18-2)14(9-13)10-17/h3-9H,10-11,17H2,1-2H3. The Labute approximate surface area is 114 Å². The molecule has 2 aromatic rings. The van der Waals surface area contributed by atoms with E-state index in [0.29, 0.717) is 13.2 Å². The first kappa shape index (κ1) is 13.4. The first-order valence-electron chi connectivity index (χ1n) is 6.29. The zero-order chi connectivity index (χ0) is 13.7. The van der Waals surface area contributed by atoms with Gasteiger partial charge < -0.3 is 15.2 Å². The van der Waals surface area contributed by atoms with Crippen LogP contribution in [0.2, 0.25) is 0 Å². The lowest BCUT2D eigenvalue weighted by atomic mass is 10.1. The van der Waals surface area contributed by atoms with Crippen LogP contribution >= 0.6 is 0 Å². The van der Waals surface area contributed by atoms with Crippen molar-refractivity contribution in [2.24, 2.45) is 5.73 Å². The van der Waals surface area contributed by atoms with Crippen LogP contribution in [0.4, 0.5) is 0 Å². The highest BCUT2D eigenvalue weighted by Crippen LogP contribution is 2.22. The van der Waals surface area contributed by atoms with Crippen molar-refractivity contribution in [2.45, 2.75) is 20.1 Å². The highest BCUT2D eigenvalue weighted by Gasteiger charge is 2.04. The molecule has 0 aliphatic heterocycles. The molecule has 0 amide bonds. The molecule has 0 unspecified atom stereocenters. The number of ether oxygens (including phenoxy) is 2. The summed E-state index contributed by atoms with van der Waals surface area (Å²) in [6.07, 6.45) is 0. The highest BCUT2D eigenvalue weighted by molar-refractivity contribution is 5.37. The smallest absolute Gasteiger partial charge is 0.123 e. The van der Waals surface area contributed by atoms with E-state index in [2.05, 4.69) is 0 Å². The third kappa shape index (κ3) is 3.26. The number of rotatable bonds is 5. The van der Waals surface area contributed by atoms with E-state index in [-0.39, 0.29) is 0 Å². The molecule has 2 N–H and O–H groups in total. The molecule has 0 radical (unpaired) electrons. The molecule has 100 valence electrons. The summed E-state index contributed by atoms with van der Waals surface area (Å²) in [5, 5.41) is 0. The van der Waals surface area contributed by atoms with Gasteiger partial charge in [-0.2, -0.15) is 0 Å². The average Bonchev–Trinajstić information content (AvgIpc) is 2.46. The van der Waals surface area contributed by atoms with Gasteiger partial charge in [-0.3, -0.25) is 0 Å². The topological polar surface area (TPSA) is 44.5 Å². The zero-order valence-corrected chi connectivity index (χ0v) is 11.3. The van der Waals surface area contributed by atoms with Crippen LogP contribution in [0.5, 0.6) is 11.5 Å². The van der Waals surface area contributed by atoms with Gasteiger partial charge in [0.05, 0.1) is 7.11 Å². The maximum atomic E-state index is 5.81. The van der Waals surface area contributed by atoms with Crippen LogP contribution in [0.3, 0.4) is 0 Å². The Morgan fingerprint density at radius 3 is 2.53 bits per heavy atom. The lowest BCUT2D eigenvalue weighted by molar-refractivity contribution is 0.303. The van der Waals surface area contributed by atoms with Crippen molar-refractivity contribution in [3.05, 3.63) is 59.2 Å². The van der Waals surface area contributed by atoms with E-state index in [9.17, 15) is 0 Å². The molecule has 0 saturated heterocycles. The quantitative estimate of drug-likeness (QED) is 0.895. The molecule has 19 heavy (non-hydrogen) atoms. The van der Waals surface area contributed by atoms with Gasteiger partial charge in [-0.05, 0) is 36.2 Å². The Balaban J connectivity index is 2.10. The summed E-state index contributed by atoms with van der Waals surface area (Å²) < 4.78 is 11.1. The molecule has 0 atom stereocenters. The van der Waals surface area contributed by atoms with Crippen LogP contribution in [0.15, 0.2) is 42.5 Å². The second-order valence-electron chi connectivity index (χ2n) is 4.40. The monoisotopic (exact) mass is 257 g/mol. The molecular formula is C16H19NO2. The van der Waals surface area contributed by atoms with Gasteiger partial charge >= 0.3 is 0 Å². The largest absolute Gasteiger partial charge is 0.496 e. The van der Waals surface area contributed by atoms with Gasteiger partial charge in [0.15, 0.2) is 0 Å². The van der Waals surface area contributed by atoms with Gasteiger partial charge in [0, 0.05) is 12.1 Å². The lowest BCUT2D eigenvalue weighted by Crippen LogP contribution is -2.03. The Morgan fingerprint density at radius 1 is 1.05 bits per heavy atom. The van der Waals surface area contributed by atoms with Gasteiger partial charge in [-0.1, -0.05) is 24.3 Å². The maximum absolute atomic E-state index is 5.81. The minimum Gasteiger partial charge on any atom is -0.496 e. The van der Waals surface area contributed by atoms with E-state index in [4.69, 9.17) is 15.2 Å². The van der Waals surface area contributed by atoms with Gasteiger partial charge in [-0.25, -0.2) is 0 Å². The molecule has 0 aromatic heterocycles. The van der Waals surface area contributed by atoms with Crippen LogP contribution < -0.4 is 15.2 Å². The summed E-state index contributed by atoms with van der Waals surface area (Å²) in [6, 6.07) is 13.9. The second-order valence-corrected chi connectivity index (χ2v) is 4.40. The van der Waals surface area contributed by atoms with E-state index in [1.165, 1.54) is 0 Å². The lowest BCUT2D eigenvalue weighted by Gasteiger charge is -2.11. The molecule has 0 aliphatic carbocycles. The van der Waals surface area contributed by atoms with Crippen molar-refractivity contribution < 1.29 is 9.47 Å². The molecule has 0 bridgehead atoms. The molecule has 0 fully saturated rings. The first-order valence-corrected chi connectivity index (χ1v) is 6.29. The van der Waals surface area contributed by atoms with Crippen LogP contribution in [0.25, 0.3) is 0 Å². The van der Waals surface area contributed by atoms with Crippen molar-refractivity contribution in [1.29, 1.82) is 0 Å². The number of methoxy groups -OCH3 is 1. The molecule has 3 heteroatoms. The zero-order valence-electron chi connectivity index (χ0n) is 11.3. The molecule has 0 heterocycles. The van der Waals surface area contributed by atoms with Crippen molar-refractivity contribution in [1.82, 2.24) is 0 Å². The van der Waals surface area contributed by atoms with E-state index < -0.39 is 0 Å². The number of para-hydroxylation sites is 1. The molecular weight excluding hydrogens is 238 g/mol. The summed E-state index contributed by atoms with van der Waals surface area (Å²) in [4.78, 5) is 0. The summed E-state index contributed by atoms with van der Waals surface area (Å²) in [5.74, 6) is 1.73. The Bertz CT molecular complexity index is 552. The Kier molecular flexibility index (Phi) is 4.42.